The molecule has 0 atom stereocenters. The summed E-state index contributed by atoms with van der Waals surface area (Å²) in [4.78, 5) is 40.6. The second-order valence-electron chi connectivity index (χ2n) is 14.6. The molecule has 0 saturated heterocycles. The van der Waals surface area contributed by atoms with Crippen LogP contribution in [0, 0.1) is 0 Å². The van der Waals surface area contributed by atoms with Gasteiger partial charge in [-0.15, -0.1) is 22.7 Å². The van der Waals surface area contributed by atoms with Gasteiger partial charge < -0.3 is 24.4 Å². The second kappa shape index (κ2) is 16.9. The lowest BCUT2D eigenvalue weighted by molar-refractivity contribution is 0.0758. The molecule has 0 bridgehead atoms. The Morgan fingerprint density at radius 1 is 0.774 bits per heavy atom. The van der Waals surface area contributed by atoms with Gasteiger partial charge in [0.15, 0.2) is 11.5 Å². The van der Waals surface area contributed by atoms with Gasteiger partial charge in [0.25, 0.3) is 11.8 Å². The van der Waals surface area contributed by atoms with Crippen molar-refractivity contribution in [2.45, 2.75) is 32.8 Å². The maximum atomic E-state index is 13.6. The lowest BCUT2D eigenvalue weighted by Crippen LogP contribution is -2.26. The van der Waals surface area contributed by atoms with Crippen LogP contribution >= 0.6 is 22.7 Å². The maximum absolute atomic E-state index is 13.6. The van der Waals surface area contributed by atoms with E-state index < -0.39 is 20.0 Å². The van der Waals surface area contributed by atoms with E-state index in [-0.39, 0.29) is 48.3 Å². The first-order valence-corrected chi connectivity index (χ1v) is 24.5. The third-order valence-corrected chi connectivity index (χ3v) is 13.9. The van der Waals surface area contributed by atoms with Gasteiger partial charge in [0, 0.05) is 64.2 Å². The number of carbonyl (C=O) groups excluding carboxylic acids is 2. The molecular formula is C43H40N6O9S4. The molecule has 0 saturated carbocycles. The monoisotopic (exact) mass is 912 g/mol. The number of phenols is 1. The Balaban J connectivity index is 0.000000176. The fourth-order valence-corrected chi connectivity index (χ4v) is 10.1. The molecule has 0 radical (unpaired) electrons. The molecule has 0 fully saturated rings. The third-order valence-electron chi connectivity index (χ3n) is 10.4. The van der Waals surface area contributed by atoms with Crippen molar-refractivity contribution in [2.75, 3.05) is 35.7 Å². The van der Waals surface area contributed by atoms with E-state index in [0.29, 0.717) is 63.2 Å². The van der Waals surface area contributed by atoms with Gasteiger partial charge in [-0.1, -0.05) is 24.3 Å². The summed E-state index contributed by atoms with van der Waals surface area (Å²) in [6.45, 7) is 1.51. The minimum absolute atomic E-state index is 0.128. The average molecular weight is 913 g/mol. The fraction of sp³-hybridized carbons (Fsp3) is 0.209. The van der Waals surface area contributed by atoms with Crippen LogP contribution in [-0.4, -0.2) is 80.2 Å². The van der Waals surface area contributed by atoms with Crippen molar-refractivity contribution in [1.82, 2.24) is 19.8 Å². The van der Waals surface area contributed by atoms with Crippen molar-refractivity contribution in [2.24, 2.45) is 0 Å². The Morgan fingerprint density at radius 2 is 1.35 bits per heavy atom. The van der Waals surface area contributed by atoms with Crippen LogP contribution in [0.5, 0.6) is 17.2 Å². The number of thiophene rings is 2. The minimum Gasteiger partial charge on any atom is -0.505 e. The maximum Gasteiger partial charge on any atom is 0.258 e. The summed E-state index contributed by atoms with van der Waals surface area (Å²) in [6, 6.07) is 22.1. The number of carbonyl (C=O) groups is 2. The Bertz CT molecular complexity index is 3070. The number of fused-ring (bicyclic) bond motifs is 4. The van der Waals surface area contributed by atoms with Crippen molar-refractivity contribution in [3.63, 3.8) is 0 Å². The molecule has 6 heterocycles. The topological polar surface area (TPSA) is 189 Å². The summed E-state index contributed by atoms with van der Waals surface area (Å²) in [6.07, 6.45) is 5.30. The van der Waals surface area contributed by atoms with Gasteiger partial charge in [0.1, 0.15) is 23.4 Å². The lowest BCUT2D eigenvalue weighted by Gasteiger charge is -2.22. The lowest BCUT2D eigenvalue weighted by atomic mass is 10.0. The molecule has 7 aromatic rings. The van der Waals surface area contributed by atoms with Crippen LogP contribution in [0.2, 0.25) is 0 Å². The number of hydrogen-bond donors (Lipinski definition) is 2. The minimum atomic E-state index is -3.61. The molecule has 2 aliphatic rings. The zero-order valence-electron chi connectivity index (χ0n) is 33.9. The molecule has 0 spiro atoms. The Labute approximate surface area is 365 Å². The number of pyridine rings is 2. The number of aromatic hydroxyl groups is 1. The summed E-state index contributed by atoms with van der Waals surface area (Å²) in [5.74, 6) is 0.334. The van der Waals surface area contributed by atoms with Gasteiger partial charge in [-0.3, -0.25) is 28.6 Å². The van der Waals surface area contributed by atoms with Crippen molar-refractivity contribution in [3.05, 3.63) is 134 Å². The van der Waals surface area contributed by atoms with Crippen LogP contribution in [0.15, 0.2) is 96.0 Å². The van der Waals surface area contributed by atoms with Gasteiger partial charge in [-0.2, -0.15) is 0 Å². The Hall–Kier alpha value is -6.28. The normalized spacial score (nSPS) is 13.5. The second-order valence-corrected chi connectivity index (χ2v) is 20.5. The van der Waals surface area contributed by atoms with E-state index in [9.17, 15) is 31.5 Å². The number of amides is 2. The standard InChI is InChI=1S/C25H23N3O5S2.C18H17N3O4S2/c1-32-17-9-7-16(8-10-17)15-33-24-21-20(14-28(25(21)29)13-18-5-4-12-34-18)22(27-35(2,30)31)19-6-3-11-26-23(19)24;1-20(27(2,24)25)16-12-6-3-7-19-15(12)17(22)14-13(16)10-21(18(14)23)9-11-5-4-8-26-11/h3-12,27H,13-15H2,1-2H3;3-8,22H,9-10H2,1-2H3. The predicted molar refractivity (Wildman–Crippen MR) is 240 cm³/mol. The molecule has 3 aromatic carbocycles. The first-order chi connectivity index (χ1) is 29.6. The third kappa shape index (κ3) is 8.35. The molecule has 2 N–H and O–H groups in total. The van der Waals surface area contributed by atoms with Gasteiger partial charge >= 0.3 is 0 Å². The zero-order chi connectivity index (χ0) is 43.9. The number of phenolic OH excluding ortho intramolecular Hbond substituents is 1. The summed E-state index contributed by atoms with van der Waals surface area (Å²) in [7, 11) is -4.13. The molecule has 62 heavy (non-hydrogen) atoms. The van der Waals surface area contributed by atoms with Gasteiger partial charge in [0.2, 0.25) is 20.0 Å². The van der Waals surface area contributed by atoms with Crippen LogP contribution < -0.4 is 18.5 Å². The van der Waals surface area contributed by atoms with E-state index in [1.807, 2.05) is 59.3 Å². The highest BCUT2D eigenvalue weighted by atomic mass is 32.2. The van der Waals surface area contributed by atoms with Crippen molar-refractivity contribution < 1.29 is 41.0 Å². The number of rotatable bonds is 12. The fourth-order valence-electron chi connectivity index (χ4n) is 7.55. The number of aromatic nitrogens is 2. The van der Waals surface area contributed by atoms with Crippen LogP contribution in [0.1, 0.15) is 47.2 Å². The molecular weight excluding hydrogens is 873 g/mol. The number of sulfonamides is 2. The van der Waals surface area contributed by atoms with E-state index in [4.69, 9.17) is 9.47 Å². The SMILES string of the molecule is CN(c1c2c(c(O)c3ncccc13)C(=O)N(Cc1cccs1)C2)S(C)(=O)=O.COc1ccc(COc2c3c(c(NS(C)(=O)=O)c4cccnc24)CN(Cc2cccs2)C3=O)cc1. The molecule has 9 rings (SSSR count). The van der Waals surface area contributed by atoms with E-state index in [2.05, 4.69) is 14.7 Å². The molecule has 4 aromatic heterocycles. The summed E-state index contributed by atoms with van der Waals surface area (Å²) >= 11 is 3.10. The molecule has 0 aliphatic carbocycles. The van der Waals surface area contributed by atoms with Crippen LogP contribution in [0.4, 0.5) is 11.4 Å². The van der Waals surface area contributed by atoms with Crippen LogP contribution in [-0.2, 0) is 52.8 Å². The molecule has 0 unspecified atom stereocenters. The quantitative estimate of drug-likeness (QED) is 0.129. The zero-order valence-corrected chi connectivity index (χ0v) is 37.1. The van der Waals surface area contributed by atoms with Crippen LogP contribution in [0.25, 0.3) is 21.8 Å². The number of nitrogens with zero attached hydrogens (tertiary/aromatic N) is 5. The number of anilines is 2. The van der Waals surface area contributed by atoms with E-state index in [1.54, 1.807) is 58.7 Å². The van der Waals surface area contributed by atoms with E-state index >= 15 is 0 Å². The highest BCUT2D eigenvalue weighted by Crippen LogP contribution is 2.46. The van der Waals surface area contributed by atoms with E-state index in [0.717, 1.165) is 37.9 Å². The average Bonchev–Trinajstić information content (AvgIpc) is 4.07. The summed E-state index contributed by atoms with van der Waals surface area (Å²) in [5.41, 5.74) is 3.84. The summed E-state index contributed by atoms with van der Waals surface area (Å²) < 4.78 is 64.2. The highest BCUT2D eigenvalue weighted by Gasteiger charge is 2.38. The van der Waals surface area contributed by atoms with Gasteiger partial charge in [-0.25, -0.2) is 16.8 Å². The predicted octanol–water partition coefficient (Wildman–Crippen LogP) is 6.97. The largest absolute Gasteiger partial charge is 0.505 e. The number of ether oxygens (including phenoxy) is 2. The highest BCUT2D eigenvalue weighted by molar-refractivity contribution is 7.92. The van der Waals surface area contributed by atoms with Crippen molar-refractivity contribution in [1.29, 1.82) is 0 Å². The Morgan fingerprint density at radius 3 is 1.92 bits per heavy atom. The van der Waals surface area contributed by atoms with Crippen molar-refractivity contribution >= 4 is 87.7 Å². The first-order valence-electron chi connectivity index (χ1n) is 19.0. The number of methoxy groups -OCH3 is 1. The molecule has 15 nitrogen and oxygen atoms in total. The first kappa shape index (κ1) is 42.4. The molecule has 320 valence electrons. The van der Waals surface area contributed by atoms with Crippen molar-refractivity contribution in [3.8, 4) is 17.2 Å². The summed E-state index contributed by atoms with van der Waals surface area (Å²) in [5, 5.41) is 15.7. The van der Waals surface area contributed by atoms with Gasteiger partial charge in [-0.05, 0) is 64.9 Å². The number of benzene rings is 3. The van der Waals surface area contributed by atoms with E-state index in [1.165, 1.54) is 24.6 Å². The smallest absolute Gasteiger partial charge is 0.258 e. The van der Waals surface area contributed by atoms with Crippen LogP contribution in [0.3, 0.4) is 0 Å². The Kier molecular flexibility index (Phi) is 11.5. The van der Waals surface area contributed by atoms with Gasteiger partial charge in [0.05, 0.1) is 55.2 Å². The number of nitrogens with one attached hydrogen (secondary N) is 1. The molecule has 19 heteroatoms. The molecule has 2 amide bonds. The number of hydrogen-bond acceptors (Lipinski definition) is 13. The molecule has 2 aliphatic heterocycles.